The van der Waals surface area contributed by atoms with Gasteiger partial charge in [0.15, 0.2) is 6.61 Å². The number of rotatable bonds is 7. The Kier molecular flexibility index (Phi) is 6.54. The monoisotopic (exact) mass is 370 g/mol. The number of methoxy groups -OCH3 is 2. The van der Waals surface area contributed by atoms with Crippen molar-refractivity contribution in [2.75, 3.05) is 47.0 Å². The standard InChI is InChI=1S/C21H26N2O4/c1-25-19-9-8-17(20(14-19)26-2)15-22-10-12-23(13-11-22)21(24)16-27-18-6-4-3-5-7-18/h3-9,14H,10-13,15-16H2,1-2H3. The summed E-state index contributed by atoms with van der Waals surface area (Å²) in [5, 5.41) is 0. The van der Waals surface area contributed by atoms with Crippen molar-refractivity contribution in [2.24, 2.45) is 0 Å². The molecule has 1 amide bonds. The van der Waals surface area contributed by atoms with E-state index in [9.17, 15) is 4.79 Å². The van der Waals surface area contributed by atoms with Crippen molar-refractivity contribution < 1.29 is 19.0 Å². The second-order valence-corrected chi connectivity index (χ2v) is 6.44. The first-order chi connectivity index (χ1) is 13.2. The van der Waals surface area contributed by atoms with Gasteiger partial charge in [0.25, 0.3) is 5.91 Å². The van der Waals surface area contributed by atoms with Gasteiger partial charge in [0.05, 0.1) is 14.2 Å². The molecule has 0 radical (unpaired) electrons. The quantitative estimate of drug-likeness (QED) is 0.749. The highest BCUT2D eigenvalue weighted by Crippen LogP contribution is 2.26. The normalized spacial score (nSPS) is 14.7. The van der Waals surface area contributed by atoms with Crippen LogP contribution in [0.2, 0.25) is 0 Å². The second kappa shape index (κ2) is 9.28. The van der Waals surface area contributed by atoms with Crippen molar-refractivity contribution in [3.8, 4) is 17.2 Å². The molecule has 1 fully saturated rings. The maximum atomic E-state index is 12.4. The van der Waals surface area contributed by atoms with Crippen molar-refractivity contribution >= 4 is 5.91 Å². The molecule has 2 aromatic rings. The van der Waals surface area contributed by atoms with Gasteiger partial charge in [0.1, 0.15) is 17.2 Å². The molecule has 2 aromatic carbocycles. The van der Waals surface area contributed by atoms with Gasteiger partial charge in [0, 0.05) is 44.4 Å². The van der Waals surface area contributed by atoms with E-state index in [-0.39, 0.29) is 12.5 Å². The maximum absolute atomic E-state index is 12.4. The van der Waals surface area contributed by atoms with Crippen LogP contribution in [-0.4, -0.2) is 62.7 Å². The van der Waals surface area contributed by atoms with Gasteiger partial charge < -0.3 is 19.1 Å². The molecule has 3 rings (SSSR count). The molecule has 0 N–H and O–H groups in total. The summed E-state index contributed by atoms with van der Waals surface area (Å²) in [5.74, 6) is 2.35. The molecule has 0 aliphatic carbocycles. The predicted molar refractivity (Wildman–Crippen MR) is 103 cm³/mol. The van der Waals surface area contributed by atoms with E-state index in [1.807, 2.05) is 53.4 Å². The molecule has 1 aliphatic heterocycles. The van der Waals surface area contributed by atoms with Gasteiger partial charge in [-0.25, -0.2) is 0 Å². The van der Waals surface area contributed by atoms with Crippen LogP contribution in [-0.2, 0) is 11.3 Å². The summed E-state index contributed by atoms with van der Waals surface area (Å²) < 4.78 is 16.3. The van der Waals surface area contributed by atoms with Crippen LogP contribution < -0.4 is 14.2 Å². The third-order valence-corrected chi connectivity index (χ3v) is 4.72. The van der Waals surface area contributed by atoms with Gasteiger partial charge in [-0.05, 0) is 18.2 Å². The summed E-state index contributed by atoms with van der Waals surface area (Å²) in [6.07, 6.45) is 0. The average Bonchev–Trinajstić information content (AvgIpc) is 2.73. The third kappa shape index (κ3) is 5.14. The Morgan fingerprint density at radius 2 is 1.67 bits per heavy atom. The van der Waals surface area contributed by atoms with Gasteiger partial charge in [-0.3, -0.25) is 9.69 Å². The number of piperazine rings is 1. The van der Waals surface area contributed by atoms with Gasteiger partial charge in [-0.2, -0.15) is 0 Å². The summed E-state index contributed by atoms with van der Waals surface area (Å²) in [7, 11) is 3.31. The fourth-order valence-corrected chi connectivity index (χ4v) is 3.13. The second-order valence-electron chi connectivity index (χ2n) is 6.44. The van der Waals surface area contributed by atoms with Crippen molar-refractivity contribution in [3.63, 3.8) is 0 Å². The first-order valence-corrected chi connectivity index (χ1v) is 9.08. The molecule has 0 saturated carbocycles. The predicted octanol–water partition coefficient (Wildman–Crippen LogP) is 2.43. The lowest BCUT2D eigenvalue weighted by Gasteiger charge is -2.34. The Labute approximate surface area is 160 Å². The van der Waals surface area contributed by atoms with Crippen LogP contribution >= 0.6 is 0 Å². The number of amides is 1. The third-order valence-electron chi connectivity index (χ3n) is 4.72. The van der Waals surface area contributed by atoms with Gasteiger partial charge in [0.2, 0.25) is 0 Å². The minimum absolute atomic E-state index is 0.0283. The lowest BCUT2D eigenvalue weighted by Crippen LogP contribution is -2.49. The number of ether oxygens (including phenoxy) is 3. The van der Waals surface area contributed by atoms with E-state index < -0.39 is 0 Å². The Morgan fingerprint density at radius 3 is 2.33 bits per heavy atom. The van der Waals surface area contributed by atoms with E-state index in [0.717, 1.165) is 42.4 Å². The van der Waals surface area contributed by atoms with E-state index >= 15 is 0 Å². The lowest BCUT2D eigenvalue weighted by molar-refractivity contribution is -0.135. The first kappa shape index (κ1) is 19.0. The molecule has 0 spiro atoms. The number of hydrogen-bond donors (Lipinski definition) is 0. The molecule has 27 heavy (non-hydrogen) atoms. The molecule has 6 heteroatoms. The summed E-state index contributed by atoms with van der Waals surface area (Å²) >= 11 is 0. The van der Waals surface area contributed by atoms with Crippen molar-refractivity contribution in [1.29, 1.82) is 0 Å². The summed E-state index contributed by atoms with van der Waals surface area (Å²) in [4.78, 5) is 16.5. The number of carbonyl (C=O) groups excluding carboxylic acids is 1. The topological polar surface area (TPSA) is 51.2 Å². The number of benzene rings is 2. The highest BCUT2D eigenvalue weighted by molar-refractivity contribution is 5.77. The zero-order valence-corrected chi connectivity index (χ0v) is 15.9. The van der Waals surface area contributed by atoms with Gasteiger partial charge in [-0.15, -0.1) is 0 Å². The van der Waals surface area contributed by atoms with E-state index in [1.165, 1.54) is 0 Å². The number of hydrogen-bond acceptors (Lipinski definition) is 5. The van der Waals surface area contributed by atoms with Crippen LogP contribution in [0.5, 0.6) is 17.2 Å². The average molecular weight is 370 g/mol. The van der Waals surface area contributed by atoms with Crippen molar-refractivity contribution in [1.82, 2.24) is 9.80 Å². The molecular weight excluding hydrogens is 344 g/mol. The highest BCUT2D eigenvalue weighted by atomic mass is 16.5. The van der Waals surface area contributed by atoms with E-state index in [2.05, 4.69) is 4.90 Å². The van der Waals surface area contributed by atoms with Crippen LogP contribution in [0.25, 0.3) is 0 Å². The number of nitrogens with zero attached hydrogens (tertiary/aromatic N) is 2. The minimum Gasteiger partial charge on any atom is -0.497 e. The molecular formula is C21H26N2O4. The molecule has 1 aliphatic rings. The molecule has 1 heterocycles. The van der Waals surface area contributed by atoms with Crippen molar-refractivity contribution in [2.45, 2.75) is 6.54 Å². The van der Waals surface area contributed by atoms with Gasteiger partial charge in [-0.1, -0.05) is 24.3 Å². The fourth-order valence-electron chi connectivity index (χ4n) is 3.13. The number of para-hydroxylation sites is 1. The lowest BCUT2D eigenvalue weighted by atomic mass is 10.1. The zero-order chi connectivity index (χ0) is 19.1. The molecule has 0 bridgehead atoms. The molecule has 0 aromatic heterocycles. The van der Waals surface area contributed by atoms with E-state index in [4.69, 9.17) is 14.2 Å². The number of carbonyl (C=O) groups is 1. The minimum atomic E-state index is 0.0283. The van der Waals surface area contributed by atoms with Crippen LogP contribution in [0.1, 0.15) is 5.56 Å². The molecule has 1 saturated heterocycles. The molecule has 144 valence electrons. The maximum Gasteiger partial charge on any atom is 0.260 e. The molecule has 0 unspecified atom stereocenters. The van der Waals surface area contributed by atoms with Gasteiger partial charge >= 0.3 is 0 Å². The fraction of sp³-hybridized carbons (Fsp3) is 0.381. The zero-order valence-electron chi connectivity index (χ0n) is 15.9. The highest BCUT2D eigenvalue weighted by Gasteiger charge is 2.22. The molecule has 0 atom stereocenters. The Bertz CT molecular complexity index is 743. The first-order valence-electron chi connectivity index (χ1n) is 9.08. The Balaban J connectivity index is 1.48. The smallest absolute Gasteiger partial charge is 0.260 e. The summed E-state index contributed by atoms with van der Waals surface area (Å²) in [5.41, 5.74) is 1.12. The Morgan fingerprint density at radius 1 is 0.926 bits per heavy atom. The SMILES string of the molecule is COc1ccc(CN2CCN(C(=O)COc3ccccc3)CC2)c(OC)c1. The molecule has 6 nitrogen and oxygen atoms in total. The Hall–Kier alpha value is -2.73. The van der Waals surface area contributed by atoms with E-state index in [1.54, 1.807) is 14.2 Å². The largest absolute Gasteiger partial charge is 0.497 e. The van der Waals surface area contributed by atoms with Crippen LogP contribution in [0.3, 0.4) is 0 Å². The van der Waals surface area contributed by atoms with Crippen LogP contribution in [0.4, 0.5) is 0 Å². The van der Waals surface area contributed by atoms with E-state index in [0.29, 0.717) is 13.1 Å². The van der Waals surface area contributed by atoms with Crippen LogP contribution in [0.15, 0.2) is 48.5 Å². The van der Waals surface area contributed by atoms with Crippen LogP contribution in [0, 0.1) is 0 Å². The van der Waals surface area contributed by atoms with Crippen molar-refractivity contribution in [3.05, 3.63) is 54.1 Å². The summed E-state index contributed by atoms with van der Waals surface area (Å²) in [6.45, 7) is 3.93. The summed E-state index contributed by atoms with van der Waals surface area (Å²) in [6, 6.07) is 15.3.